The molecular weight excluding hydrogens is 248 g/mol. The highest BCUT2D eigenvalue weighted by atomic mass is 16.1. The molecule has 3 rings (SSSR count). The Morgan fingerprint density at radius 2 is 2.20 bits per heavy atom. The molecule has 1 aromatic carbocycles. The van der Waals surface area contributed by atoms with Crippen LogP contribution in [0.1, 0.15) is 50.3 Å². The van der Waals surface area contributed by atoms with Gasteiger partial charge in [0.05, 0.1) is 6.42 Å². The second-order valence-corrected chi connectivity index (χ2v) is 6.27. The van der Waals surface area contributed by atoms with Gasteiger partial charge in [0.2, 0.25) is 5.91 Å². The summed E-state index contributed by atoms with van der Waals surface area (Å²) in [6.45, 7) is 5.62. The first-order valence-corrected chi connectivity index (χ1v) is 7.85. The molecule has 0 saturated heterocycles. The Morgan fingerprint density at radius 1 is 1.40 bits per heavy atom. The largest absolute Gasteiger partial charge is 0.326 e. The zero-order valence-corrected chi connectivity index (χ0v) is 12.4. The van der Waals surface area contributed by atoms with Crippen molar-refractivity contribution in [3.63, 3.8) is 0 Å². The molecule has 108 valence electrons. The summed E-state index contributed by atoms with van der Waals surface area (Å²) in [6, 6.07) is 6.88. The number of amides is 1. The van der Waals surface area contributed by atoms with E-state index in [1.807, 2.05) is 0 Å². The normalized spacial score (nSPS) is 20.4. The topological polar surface area (TPSA) is 41.1 Å². The van der Waals surface area contributed by atoms with Gasteiger partial charge in [-0.1, -0.05) is 26.0 Å². The molecule has 2 N–H and O–H groups in total. The third-order valence-electron chi connectivity index (χ3n) is 4.62. The van der Waals surface area contributed by atoms with E-state index in [9.17, 15) is 4.79 Å². The minimum atomic E-state index is 0.116. The van der Waals surface area contributed by atoms with Crippen LogP contribution in [0.2, 0.25) is 0 Å². The quantitative estimate of drug-likeness (QED) is 0.834. The number of fused-ring (bicyclic) bond motifs is 1. The first kappa shape index (κ1) is 13.6. The van der Waals surface area contributed by atoms with Crippen LogP contribution in [-0.4, -0.2) is 12.5 Å². The van der Waals surface area contributed by atoms with Crippen molar-refractivity contribution in [2.75, 3.05) is 11.9 Å². The van der Waals surface area contributed by atoms with E-state index in [4.69, 9.17) is 0 Å². The first-order chi connectivity index (χ1) is 9.69. The van der Waals surface area contributed by atoms with Crippen LogP contribution < -0.4 is 10.6 Å². The second-order valence-electron chi connectivity index (χ2n) is 6.27. The SMILES string of the molecule is CCCNC(c1ccc2c(c1)CC(=O)N2)C(C)C1CC1. The molecule has 2 atom stereocenters. The summed E-state index contributed by atoms with van der Waals surface area (Å²) in [5.41, 5.74) is 3.49. The van der Waals surface area contributed by atoms with Crippen molar-refractivity contribution in [3.05, 3.63) is 29.3 Å². The summed E-state index contributed by atoms with van der Waals surface area (Å²) < 4.78 is 0. The van der Waals surface area contributed by atoms with Gasteiger partial charge in [-0.05, 0) is 54.8 Å². The Kier molecular flexibility index (Phi) is 3.79. The molecule has 2 aliphatic rings. The van der Waals surface area contributed by atoms with Crippen LogP contribution in [0.4, 0.5) is 5.69 Å². The van der Waals surface area contributed by atoms with Crippen molar-refractivity contribution < 1.29 is 4.79 Å². The van der Waals surface area contributed by atoms with Crippen LogP contribution in [0.3, 0.4) is 0 Å². The number of nitrogens with one attached hydrogen (secondary N) is 2. The zero-order valence-electron chi connectivity index (χ0n) is 12.4. The summed E-state index contributed by atoms with van der Waals surface area (Å²) in [4.78, 5) is 11.5. The Labute approximate surface area is 121 Å². The van der Waals surface area contributed by atoms with E-state index in [2.05, 4.69) is 42.7 Å². The van der Waals surface area contributed by atoms with Gasteiger partial charge in [-0.25, -0.2) is 0 Å². The van der Waals surface area contributed by atoms with Crippen molar-refractivity contribution in [1.29, 1.82) is 0 Å². The van der Waals surface area contributed by atoms with Gasteiger partial charge in [-0.15, -0.1) is 0 Å². The highest BCUT2D eigenvalue weighted by molar-refractivity contribution is 5.99. The van der Waals surface area contributed by atoms with Gasteiger partial charge in [-0.2, -0.15) is 0 Å². The Hall–Kier alpha value is -1.35. The molecule has 1 aromatic rings. The number of carbonyl (C=O) groups excluding carboxylic acids is 1. The maximum absolute atomic E-state index is 11.5. The predicted octanol–water partition coefficient (Wildman–Crippen LogP) is 3.27. The molecule has 0 aromatic heterocycles. The van der Waals surface area contributed by atoms with Crippen molar-refractivity contribution in [2.24, 2.45) is 11.8 Å². The molecule has 20 heavy (non-hydrogen) atoms. The van der Waals surface area contributed by atoms with Crippen molar-refractivity contribution >= 4 is 11.6 Å². The molecule has 0 spiro atoms. The molecular formula is C17H24N2O. The van der Waals surface area contributed by atoms with Gasteiger partial charge in [0.25, 0.3) is 0 Å². The summed E-state index contributed by atoms with van der Waals surface area (Å²) in [7, 11) is 0. The minimum Gasteiger partial charge on any atom is -0.326 e. The zero-order chi connectivity index (χ0) is 14.1. The fraction of sp³-hybridized carbons (Fsp3) is 0.588. The number of carbonyl (C=O) groups is 1. The van der Waals surface area contributed by atoms with Crippen LogP contribution in [0.25, 0.3) is 0 Å². The molecule has 1 heterocycles. The fourth-order valence-electron chi connectivity index (χ4n) is 3.24. The monoisotopic (exact) mass is 272 g/mol. The standard InChI is InChI=1S/C17H24N2O/c1-3-8-18-17(11(2)12-4-5-12)13-6-7-15-14(9-13)10-16(20)19-15/h6-7,9,11-12,17-18H,3-5,8,10H2,1-2H3,(H,19,20). The fourth-order valence-corrected chi connectivity index (χ4v) is 3.24. The highest BCUT2D eigenvalue weighted by Gasteiger charge is 2.34. The number of hydrogen-bond acceptors (Lipinski definition) is 2. The van der Waals surface area contributed by atoms with Gasteiger partial charge in [-0.3, -0.25) is 4.79 Å². The summed E-state index contributed by atoms with van der Waals surface area (Å²) in [6.07, 6.45) is 4.42. The van der Waals surface area contributed by atoms with Crippen molar-refractivity contribution in [3.8, 4) is 0 Å². The van der Waals surface area contributed by atoms with E-state index in [0.717, 1.165) is 30.1 Å². The van der Waals surface area contributed by atoms with Crippen LogP contribution in [0.5, 0.6) is 0 Å². The Balaban J connectivity index is 1.83. The van der Waals surface area contributed by atoms with Gasteiger partial charge in [0.15, 0.2) is 0 Å². The maximum Gasteiger partial charge on any atom is 0.228 e. The lowest BCUT2D eigenvalue weighted by Crippen LogP contribution is -2.28. The van der Waals surface area contributed by atoms with E-state index in [1.54, 1.807) is 0 Å². The lowest BCUT2D eigenvalue weighted by Gasteiger charge is -2.26. The van der Waals surface area contributed by atoms with Gasteiger partial charge in [0, 0.05) is 11.7 Å². The number of anilines is 1. The predicted molar refractivity (Wildman–Crippen MR) is 81.7 cm³/mol. The van der Waals surface area contributed by atoms with Crippen LogP contribution in [-0.2, 0) is 11.2 Å². The molecule has 1 aliphatic carbocycles. The average molecular weight is 272 g/mol. The first-order valence-electron chi connectivity index (χ1n) is 7.85. The minimum absolute atomic E-state index is 0.116. The van der Waals surface area contributed by atoms with E-state index in [1.165, 1.54) is 18.4 Å². The molecule has 1 saturated carbocycles. The highest BCUT2D eigenvalue weighted by Crippen LogP contribution is 2.43. The lowest BCUT2D eigenvalue weighted by atomic mass is 9.89. The molecule has 0 radical (unpaired) electrons. The molecule has 2 unspecified atom stereocenters. The van der Waals surface area contributed by atoms with Gasteiger partial charge >= 0.3 is 0 Å². The number of hydrogen-bond donors (Lipinski definition) is 2. The van der Waals surface area contributed by atoms with E-state index >= 15 is 0 Å². The molecule has 3 nitrogen and oxygen atoms in total. The molecule has 1 aliphatic heterocycles. The van der Waals surface area contributed by atoms with Crippen LogP contribution in [0, 0.1) is 11.8 Å². The van der Waals surface area contributed by atoms with Gasteiger partial charge < -0.3 is 10.6 Å². The van der Waals surface area contributed by atoms with Gasteiger partial charge in [0.1, 0.15) is 0 Å². The Bertz CT molecular complexity index is 508. The average Bonchev–Trinajstić information content (AvgIpc) is 3.20. The molecule has 1 amide bonds. The van der Waals surface area contributed by atoms with E-state index < -0.39 is 0 Å². The lowest BCUT2D eigenvalue weighted by molar-refractivity contribution is -0.115. The summed E-state index contributed by atoms with van der Waals surface area (Å²) >= 11 is 0. The maximum atomic E-state index is 11.5. The van der Waals surface area contributed by atoms with Crippen molar-refractivity contribution in [1.82, 2.24) is 5.32 Å². The van der Waals surface area contributed by atoms with Crippen LogP contribution >= 0.6 is 0 Å². The Morgan fingerprint density at radius 3 is 2.90 bits per heavy atom. The summed E-state index contributed by atoms with van der Waals surface area (Å²) in [5, 5.41) is 6.62. The smallest absolute Gasteiger partial charge is 0.228 e. The molecule has 3 heteroatoms. The van der Waals surface area contributed by atoms with Crippen molar-refractivity contribution in [2.45, 2.75) is 45.6 Å². The second kappa shape index (κ2) is 5.57. The van der Waals surface area contributed by atoms with E-state index in [-0.39, 0.29) is 5.91 Å². The number of rotatable bonds is 6. The van der Waals surface area contributed by atoms with Crippen LogP contribution in [0.15, 0.2) is 18.2 Å². The third kappa shape index (κ3) is 2.73. The van der Waals surface area contributed by atoms with E-state index in [0.29, 0.717) is 18.4 Å². The summed E-state index contributed by atoms with van der Waals surface area (Å²) in [5.74, 6) is 1.66. The number of benzene rings is 1. The molecule has 1 fully saturated rings. The third-order valence-corrected chi connectivity index (χ3v) is 4.62. The molecule has 0 bridgehead atoms.